The topological polar surface area (TPSA) is 92.0 Å². The molecule has 0 atom stereocenters. The minimum absolute atomic E-state index is 0.0293. The average Bonchev–Trinajstić information content (AvgIpc) is 2.68. The third kappa shape index (κ3) is 5.79. The van der Waals surface area contributed by atoms with Crippen LogP contribution < -0.4 is 10.3 Å². The highest BCUT2D eigenvalue weighted by Gasteiger charge is 2.30. The number of hydrogen-bond donors (Lipinski definition) is 2. The van der Waals surface area contributed by atoms with Gasteiger partial charge in [0.05, 0.1) is 30.8 Å². The van der Waals surface area contributed by atoms with E-state index >= 15 is 0 Å². The molecule has 2 aromatic rings. The summed E-state index contributed by atoms with van der Waals surface area (Å²) in [5, 5.41) is 20.6. The van der Waals surface area contributed by atoms with Crippen molar-refractivity contribution in [2.45, 2.75) is 79.6 Å². The van der Waals surface area contributed by atoms with Crippen molar-refractivity contribution in [3.05, 3.63) is 39.8 Å². The predicted octanol–water partition coefficient (Wildman–Crippen LogP) is 4.61. The largest absolute Gasteiger partial charge is 0.491 e. The maximum Gasteiger partial charge on any atom is 0.408 e. The molecule has 0 aliphatic rings. The lowest BCUT2D eigenvalue weighted by molar-refractivity contribution is 0.0927. The average molecular weight is 433 g/mol. The smallest absolute Gasteiger partial charge is 0.408 e. The van der Waals surface area contributed by atoms with Gasteiger partial charge in [-0.3, -0.25) is 9.69 Å². The molecule has 2 rings (SSSR count). The van der Waals surface area contributed by atoms with Crippen molar-refractivity contribution in [3.8, 4) is 5.75 Å². The number of amides is 1. The van der Waals surface area contributed by atoms with Gasteiger partial charge in [0.1, 0.15) is 5.75 Å². The first kappa shape index (κ1) is 24.7. The quantitative estimate of drug-likeness (QED) is 0.565. The summed E-state index contributed by atoms with van der Waals surface area (Å²) >= 11 is 0. The molecule has 1 amide bonds. The molecule has 0 unspecified atom stereocenters. The highest BCUT2D eigenvalue weighted by molar-refractivity contribution is 5.89. The van der Waals surface area contributed by atoms with E-state index in [4.69, 9.17) is 4.74 Å². The molecule has 1 heterocycles. The van der Waals surface area contributed by atoms with E-state index in [1.54, 1.807) is 22.8 Å². The second-order valence-electron chi connectivity index (χ2n) is 9.37. The standard InChI is InChI=1S/C24H36N2O5/c1-7-8-11-31-21-19-12-17(15-27)9-10-18(19)22(28)25(13-16(2)3)20(21)14-26(23(29)30)24(4,5)6/h9-10,12,16,27H,7-8,11,13-15H2,1-6H3,(H,29,30). The molecular formula is C24H36N2O5. The van der Waals surface area contributed by atoms with E-state index in [0.29, 0.717) is 40.9 Å². The van der Waals surface area contributed by atoms with E-state index in [1.807, 2.05) is 34.6 Å². The fourth-order valence-corrected chi connectivity index (χ4v) is 3.55. The van der Waals surface area contributed by atoms with Crippen molar-refractivity contribution in [1.29, 1.82) is 0 Å². The third-order valence-electron chi connectivity index (χ3n) is 5.22. The lowest BCUT2D eigenvalue weighted by atomic mass is 10.0. The van der Waals surface area contributed by atoms with Crippen molar-refractivity contribution in [3.63, 3.8) is 0 Å². The Morgan fingerprint density at radius 2 is 1.90 bits per heavy atom. The van der Waals surface area contributed by atoms with Crippen molar-refractivity contribution in [2.75, 3.05) is 6.61 Å². The van der Waals surface area contributed by atoms with Crippen LogP contribution in [0.5, 0.6) is 5.75 Å². The number of unbranched alkanes of at least 4 members (excludes halogenated alkanes) is 1. The summed E-state index contributed by atoms with van der Waals surface area (Å²) in [4.78, 5) is 26.8. The lowest BCUT2D eigenvalue weighted by Crippen LogP contribution is -2.45. The van der Waals surface area contributed by atoms with E-state index in [0.717, 1.165) is 12.8 Å². The molecule has 7 nitrogen and oxygen atoms in total. The van der Waals surface area contributed by atoms with E-state index in [1.165, 1.54) is 4.90 Å². The number of carbonyl (C=O) groups is 1. The Kier molecular flexibility index (Phi) is 8.12. The van der Waals surface area contributed by atoms with Crippen LogP contribution in [0.15, 0.2) is 23.0 Å². The van der Waals surface area contributed by atoms with Crippen molar-refractivity contribution in [1.82, 2.24) is 9.47 Å². The van der Waals surface area contributed by atoms with Gasteiger partial charge in [-0.25, -0.2) is 4.79 Å². The molecule has 1 aromatic carbocycles. The number of nitrogens with zero attached hydrogens (tertiary/aromatic N) is 2. The van der Waals surface area contributed by atoms with E-state index in [2.05, 4.69) is 6.92 Å². The second kappa shape index (κ2) is 10.2. The molecule has 0 aliphatic heterocycles. The van der Waals surface area contributed by atoms with E-state index < -0.39 is 11.6 Å². The summed E-state index contributed by atoms with van der Waals surface area (Å²) in [7, 11) is 0. The number of rotatable bonds is 9. The van der Waals surface area contributed by atoms with Crippen LogP contribution in [-0.4, -0.2) is 37.9 Å². The molecule has 0 radical (unpaired) electrons. The second-order valence-corrected chi connectivity index (χ2v) is 9.37. The molecular weight excluding hydrogens is 396 g/mol. The SMILES string of the molecule is CCCCOc1c(CN(C(=O)O)C(C)(C)C)n(CC(C)C)c(=O)c2ccc(CO)cc12. The normalized spacial score (nSPS) is 11.9. The van der Waals surface area contributed by atoms with Gasteiger partial charge in [-0.1, -0.05) is 33.3 Å². The Hall–Kier alpha value is -2.54. The van der Waals surface area contributed by atoms with Crippen LogP contribution in [0.1, 0.15) is 65.6 Å². The summed E-state index contributed by atoms with van der Waals surface area (Å²) in [6.07, 6.45) is 0.732. The number of fused-ring (bicyclic) bond motifs is 1. The summed E-state index contributed by atoms with van der Waals surface area (Å²) in [5.41, 5.74) is 0.387. The number of carboxylic acid groups (broad SMARTS) is 1. The number of ether oxygens (including phenoxy) is 1. The van der Waals surface area contributed by atoms with Crippen molar-refractivity contribution >= 4 is 16.9 Å². The maximum atomic E-state index is 13.4. The van der Waals surface area contributed by atoms with Crippen molar-refractivity contribution < 1.29 is 19.7 Å². The monoisotopic (exact) mass is 432 g/mol. The fourth-order valence-electron chi connectivity index (χ4n) is 3.55. The molecule has 0 fully saturated rings. The first-order valence-corrected chi connectivity index (χ1v) is 10.9. The number of aromatic nitrogens is 1. The molecule has 1 aromatic heterocycles. The van der Waals surface area contributed by atoms with Gasteiger partial charge >= 0.3 is 6.09 Å². The molecule has 0 spiro atoms. The highest BCUT2D eigenvalue weighted by atomic mass is 16.5. The minimum atomic E-state index is -1.06. The van der Waals surface area contributed by atoms with Crippen LogP contribution in [0.25, 0.3) is 10.8 Å². The first-order chi connectivity index (χ1) is 14.5. The van der Waals surface area contributed by atoms with Gasteiger partial charge in [0, 0.05) is 17.5 Å². The number of pyridine rings is 1. The Morgan fingerprint density at radius 1 is 1.23 bits per heavy atom. The Bertz CT molecular complexity index is 973. The number of aliphatic hydroxyl groups is 1. The van der Waals surface area contributed by atoms with Crippen LogP contribution in [0.4, 0.5) is 4.79 Å². The van der Waals surface area contributed by atoms with Crippen molar-refractivity contribution in [2.24, 2.45) is 5.92 Å². The maximum absolute atomic E-state index is 13.4. The van der Waals surface area contributed by atoms with Gasteiger partial charge in [-0.05, 0) is 50.8 Å². The van der Waals surface area contributed by atoms with Crippen LogP contribution in [0, 0.1) is 5.92 Å². The van der Waals surface area contributed by atoms with Gasteiger partial charge in [-0.2, -0.15) is 0 Å². The fraction of sp³-hybridized carbons (Fsp3) is 0.583. The van der Waals surface area contributed by atoms with Gasteiger partial charge in [0.15, 0.2) is 0 Å². The molecule has 0 aliphatic carbocycles. The molecule has 2 N–H and O–H groups in total. The van der Waals surface area contributed by atoms with Crippen LogP contribution >= 0.6 is 0 Å². The van der Waals surface area contributed by atoms with Gasteiger partial charge < -0.3 is 19.5 Å². The zero-order chi connectivity index (χ0) is 23.3. The van der Waals surface area contributed by atoms with Crippen LogP contribution in [0.3, 0.4) is 0 Å². The highest BCUT2D eigenvalue weighted by Crippen LogP contribution is 2.32. The number of benzene rings is 1. The van der Waals surface area contributed by atoms with E-state index in [9.17, 15) is 19.8 Å². The first-order valence-electron chi connectivity index (χ1n) is 10.9. The molecule has 172 valence electrons. The lowest BCUT2D eigenvalue weighted by Gasteiger charge is -2.34. The summed E-state index contributed by atoms with van der Waals surface area (Å²) < 4.78 is 7.86. The molecule has 31 heavy (non-hydrogen) atoms. The van der Waals surface area contributed by atoms with Gasteiger partial charge in [0.2, 0.25) is 0 Å². The summed E-state index contributed by atoms with van der Waals surface area (Å²) in [5.74, 6) is 0.705. The zero-order valence-corrected chi connectivity index (χ0v) is 19.6. The molecule has 0 saturated carbocycles. The molecule has 0 saturated heterocycles. The number of hydrogen-bond acceptors (Lipinski definition) is 4. The zero-order valence-electron chi connectivity index (χ0n) is 19.6. The van der Waals surface area contributed by atoms with Gasteiger partial charge in [0.25, 0.3) is 5.56 Å². The van der Waals surface area contributed by atoms with Crippen LogP contribution in [0.2, 0.25) is 0 Å². The third-order valence-corrected chi connectivity index (χ3v) is 5.22. The molecule has 0 bridgehead atoms. The van der Waals surface area contributed by atoms with E-state index in [-0.39, 0.29) is 24.6 Å². The minimum Gasteiger partial charge on any atom is -0.491 e. The summed E-state index contributed by atoms with van der Waals surface area (Å²) in [6.45, 7) is 12.4. The number of aliphatic hydroxyl groups excluding tert-OH is 1. The summed E-state index contributed by atoms with van der Waals surface area (Å²) in [6, 6.07) is 5.22. The predicted molar refractivity (Wildman–Crippen MR) is 123 cm³/mol. The molecule has 7 heteroatoms. The Labute approximate surface area is 184 Å². The van der Waals surface area contributed by atoms with Gasteiger partial charge in [-0.15, -0.1) is 0 Å². The Morgan fingerprint density at radius 3 is 2.42 bits per heavy atom. The Balaban J connectivity index is 2.86. The van der Waals surface area contributed by atoms with Crippen LogP contribution in [-0.2, 0) is 19.7 Å².